The summed E-state index contributed by atoms with van der Waals surface area (Å²) < 4.78 is 2.30. The number of hydrogen-bond acceptors (Lipinski definition) is 3. The van der Waals surface area contributed by atoms with Gasteiger partial charge in [0, 0.05) is 30.5 Å². The monoisotopic (exact) mass is 332 g/mol. The maximum absolute atomic E-state index is 5.07. The highest BCUT2D eigenvalue weighted by Crippen LogP contribution is 2.32. The summed E-state index contributed by atoms with van der Waals surface area (Å²) in [5.74, 6) is 0. The van der Waals surface area contributed by atoms with E-state index in [9.17, 15) is 0 Å². The molecule has 0 radical (unpaired) electrons. The molecule has 0 aliphatic carbocycles. The fourth-order valence-electron chi connectivity index (χ4n) is 4.24. The van der Waals surface area contributed by atoms with E-state index >= 15 is 0 Å². The molecule has 2 aromatic heterocycles. The highest BCUT2D eigenvalue weighted by Gasteiger charge is 2.21. The lowest BCUT2D eigenvalue weighted by Crippen LogP contribution is -2.19. The number of benzene rings is 1. The van der Waals surface area contributed by atoms with Gasteiger partial charge in [0.05, 0.1) is 11.4 Å². The topological polar surface area (TPSA) is 32.6 Å². The molecular formula is C21H24N4. The molecule has 1 N–H and O–H groups in total. The first-order valence-electron chi connectivity index (χ1n) is 9.36. The summed E-state index contributed by atoms with van der Waals surface area (Å²) in [6, 6.07) is 11.1. The molecule has 0 amide bonds. The second-order valence-electron chi connectivity index (χ2n) is 7.32. The summed E-state index contributed by atoms with van der Waals surface area (Å²) in [5, 5.41) is 3.45. The van der Waals surface area contributed by atoms with Crippen LogP contribution in [0.1, 0.15) is 29.7 Å². The van der Waals surface area contributed by atoms with E-state index in [1.807, 2.05) is 0 Å². The first kappa shape index (κ1) is 15.0. The third kappa shape index (κ3) is 2.52. The fourth-order valence-corrected chi connectivity index (χ4v) is 4.24. The number of fused-ring (bicyclic) bond motifs is 2. The van der Waals surface area contributed by atoms with Crippen LogP contribution in [0.3, 0.4) is 0 Å². The molecule has 4 nitrogen and oxygen atoms in total. The number of rotatable bonds is 3. The van der Waals surface area contributed by atoms with Gasteiger partial charge in [-0.25, -0.2) is 4.98 Å². The number of nitrogens with one attached hydrogen (secondary N) is 1. The molecule has 1 aromatic carbocycles. The second kappa shape index (κ2) is 5.88. The van der Waals surface area contributed by atoms with Crippen molar-refractivity contribution in [3.8, 4) is 11.3 Å². The van der Waals surface area contributed by atoms with Gasteiger partial charge in [-0.05, 0) is 68.6 Å². The van der Waals surface area contributed by atoms with E-state index in [4.69, 9.17) is 4.98 Å². The number of likely N-dealkylation sites (tertiary alicyclic amines) is 1. The second-order valence-corrected chi connectivity index (χ2v) is 7.32. The van der Waals surface area contributed by atoms with Gasteiger partial charge in [-0.3, -0.25) is 4.90 Å². The quantitative estimate of drug-likeness (QED) is 0.790. The molecule has 0 bridgehead atoms. The largest absolute Gasteiger partial charge is 0.384 e. The van der Waals surface area contributed by atoms with Crippen LogP contribution in [0.2, 0.25) is 0 Å². The van der Waals surface area contributed by atoms with Crippen molar-refractivity contribution in [1.82, 2.24) is 14.3 Å². The van der Waals surface area contributed by atoms with Crippen molar-refractivity contribution in [3.05, 3.63) is 53.3 Å². The van der Waals surface area contributed by atoms with Crippen LogP contribution in [-0.4, -0.2) is 33.9 Å². The molecule has 2 aliphatic rings. The van der Waals surface area contributed by atoms with Crippen molar-refractivity contribution in [2.45, 2.75) is 32.7 Å². The number of pyridine rings is 1. The van der Waals surface area contributed by atoms with Crippen LogP contribution < -0.4 is 5.32 Å². The lowest BCUT2D eigenvalue weighted by atomic mass is 10.0. The predicted molar refractivity (Wildman–Crippen MR) is 102 cm³/mol. The van der Waals surface area contributed by atoms with E-state index in [1.54, 1.807) is 0 Å². The SMILES string of the molecule is Cc1cccn2c(CN3CCCC3)c(-c3ccc4c(c3)CCN4)nc12. The maximum atomic E-state index is 5.07. The summed E-state index contributed by atoms with van der Waals surface area (Å²) in [4.78, 5) is 7.63. The molecule has 1 fully saturated rings. The highest BCUT2D eigenvalue weighted by atomic mass is 15.2. The predicted octanol–water partition coefficient (Wildman–Crippen LogP) is 3.87. The minimum Gasteiger partial charge on any atom is -0.384 e. The van der Waals surface area contributed by atoms with E-state index in [-0.39, 0.29) is 0 Å². The normalized spacial score (nSPS) is 17.2. The van der Waals surface area contributed by atoms with Crippen LogP contribution in [0.4, 0.5) is 5.69 Å². The molecule has 128 valence electrons. The Labute approximate surface area is 148 Å². The summed E-state index contributed by atoms with van der Waals surface area (Å²) in [5.41, 5.74) is 8.75. The Hall–Kier alpha value is -2.33. The fraction of sp³-hybridized carbons (Fsp3) is 0.381. The van der Waals surface area contributed by atoms with Crippen molar-refractivity contribution in [2.75, 3.05) is 25.0 Å². The molecule has 2 aliphatic heterocycles. The zero-order chi connectivity index (χ0) is 16.8. The lowest BCUT2D eigenvalue weighted by Gasteiger charge is -2.16. The first-order valence-corrected chi connectivity index (χ1v) is 9.36. The van der Waals surface area contributed by atoms with Gasteiger partial charge in [-0.1, -0.05) is 12.1 Å². The Bertz CT molecular complexity index is 934. The Morgan fingerprint density at radius 2 is 2.04 bits per heavy atom. The zero-order valence-corrected chi connectivity index (χ0v) is 14.8. The molecule has 0 spiro atoms. The number of nitrogens with zero attached hydrogens (tertiary/aromatic N) is 3. The zero-order valence-electron chi connectivity index (χ0n) is 14.8. The van der Waals surface area contributed by atoms with Gasteiger partial charge in [0.25, 0.3) is 0 Å². The van der Waals surface area contributed by atoms with Gasteiger partial charge >= 0.3 is 0 Å². The van der Waals surface area contributed by atoms with Gasteiger partial charge in [-0.2, -0.15) is 0 Å². The molecule has 0 atom stereocenters. The van der Waals surface area contributed by atoms with Crippen molar-refractivity contribution >= 4 is 11.3 Å². The standard InChI is InChI=1S/C21H24N4/c1-15-5-4-12-25-19(14-24-10-2-3-11-24)20(23-21(15)25)17-6-7-18-16(13-17)8-9-22-18/h4-7,12-13,22H,2-3,8-11,14H2,1H3. The van der Waals surface area contributed by atoms with E-state index in [0.717, 1.165) is 30.9 Å². The summed E-state index contributed by atoms with van der Waals surface area (Å²) >= 11 is 0. The number of anilines is 1. The Morgan fingerprint density at radius 1 is 1.16 bits per heavy atom. The van der Waals surface area contributed by atoms with Crippen LogP contribution in [0, 0.1) is 6.92 Å². The Kier molecular flexibility index (Phi) is 3.52. The maximum Gasteiger partial charge on any atom is 0.140 e. The molecule has 4 heterocycles. The molecule has 25 heavy (non-hydrogen) atoms. The van der Waals surface area contributed by atoms with Gasteiger partial charge in [0.2, 0.25) is 0 Å². The van der Waals surface area contributed by atoms with Crippen LogP contribution in [0.25, 0.3) is 16.9 Å². The Balaban J connectivity index is 1.66. The van der Waals surface area contributed by atoms with Crippen LogP contribution in [-0.2, 0) is 13.0 Å². The van der Waals surface area contributed by atoms with Crippen molar-refractivity contribution in [3.63, 3.8) is 0 Å². The molecular weight excluding hydrogens is 308 g/mol. The minimum absolute atomic E-state index is 0.981. The number of imidazole rings is 1. The van der Waals surface area contributed by atoms with Gasteiger partial charge in [0.15, 0.2) is 0 Å². The number of aryl methyl sites for hydroxylation is 1. The van der Waals surface area contributed by atoms with Crippen LogP contribution in [0.15, 0.2) is 36.5 Å². The smallest absolute Gasteiger partial charge is 0.140 e. The van der Waals surface area contributed by atoms with Crippen molar-refractivity contribution < 1.29 is 0 Å². The Morgan fingerprint density at radius 3 is 2.92 bits per heavy atom. The highest BCUT2D eigenvalue weighted by molar-refractivity contribution is 5.72. The molecule has 0 saturated carbocycles. The molecule has 4 heteroatoms. The van der Waals surface area contributed by atoms with Crippen molar-refractivity contribution in [1.29, 1.82) is 0 Å². The summed E-state index contributed by atoms with van der Waals surface area (Å²) in [7, 11) is 0. The average Bonchev–Trinajstić information content (AvgIpc) is 3.35. The van der Waals surface area contributed by atoms with Crippen LogP contribution in [0.5, 0.6) is 0 Å². The number of aromatic nitrogens is 2. The first-order chi connectivity index (χ1) is 12.3. The van der Waals surface area contributed by atoms with Crippen LogP contribution >= 0.6 is 0 Å². The van der Waals surface area contributed by atoms with E-state index in [0.29, 0.717) is 0 Å². The van der Waals surface area contributed by atoms with Gasteiger partial charge < -0.3 is 9.72 Å². The average molecular weight is 332 g/mol. The summed E-state index contributed by atoms with van der Waals surface area (Å²) in [6.07, 6.45) is 5.90. The molecule has 0 unspecified atom stereocenters. The third-order valence-electron chi connectivity index (χ3n) is 5.60. The van der Waals surface area contributed by atoms with Crippen molar-refractivity contribution in [2.24, 2.45) is 0 Å². The van der Waals surface area contributed by atoms with E-state index in [2.05, 4.69) is 58.1 Å². The van der Waals surface area contributed by atoms with Gasteiger partial charge in [-0.15, -0.1) is 0 Å². The molecule has 5 rings (SSSR count). The van der Waals surface area contributed by atoms with Gasteiger partial charge in [0.1, 0.15) is 5.65 Å². The minimum atomic E-state index is 0.981. The van der Waals surface area contributed by atoms with E-state index < -0.39 is 0 Å². The third-order valence-corrected chi connectivity index (χ3v) is 5.60. The summed E-state index contributed by atoms with van der Waals surface area (Å²) in [6.45, 7) is 6.58. The molecule has 1 saturated heterocycles. The van der Waals surface area contributed by atoms with E-state index in [1.165, 1.54) is 54.0 Å². The lowest BCUT2D eigenvalue weighted by molar-refractivity contribution is 0.327. The number of hydrogen-bond donors (Lipinski definition) is 1. The molecule has 3 aromatic rings.